The third-order valence-electron chi connectivity index (χ3n) is 3.58. The SMILES string of the molecule is Nc1nn2ccc(-c3ccccc3)nc2c1N=Nc1ccccc1. The summed E-state index contributed by atoms with van der Waals surface area (Å²) >= 11 is 0. The molecule has 2 heterocycles. The van der Waals surface area contributed by atoms with Crippen LogP contribution in [0.15, 0.2) is 83.2 Å². The Morgan fingerprint density at radius 2 is 1.54 bits per heavy atom. The van der Waals surface area contributed by atoms with E-state index in [0.717, 1.165) is 16.9 Å². The Kier molecular flexibility index (Phi) is 3.47. The average molecular weight is 314 g/mol. The summed E-state index contributed by atoms with van der Waals surface area (Å²) in [5.41, 5.74) is 9.62. The lowest BCUT2D eigenvalue weighted by Crippen LogP contribution is -1.92. The lowest BCUT2D eigenvalue weighted by molar-refractivity contribution is 0.947. The van der Waals surface area contributed by atoms with Crippen LogP contribution in [0.3, 0.4) is 0 Å². The van der Waals surface area contributed by atoms with Crippen molar-refractivity contribution in [1.29, 1.82) is 0 Å². The molecule has 0 saturated carbocycles. The fraction of sp³-hybridized carbons (Fsp3) is 0. The van der Waals surface area contributed by atoms with Gasteiger partial charge in [-0.1, -0.05) is 48.5 Å². The van der Waals surface area contributed by atoms with Crippen LogP contribution in [0, 0.1) is 0 Å². The lowest BCUT2D eigenvalue weighted by atomic mass is 10.1. The Labute approximate surface area is 138 Å². The van der Waals surface area contributed by atoms with Gasteiger partial charge in [0.25, 0.3) is 0 Å². The highest BCUT2D eigenvalue weighted by Gasteiger charge is 2.12. The summed E-state index contributed by atoms with van der Waals surface area (Å²) in [6.07, 6.45) is 1.82. The molecule has 0 amide bonds. The maximum absolute atomic E-state index is 5.98. The van der Waals surface area contributed by atoms with Crippen molar-refractivity contribution in [3.05, 3.63) is 72.9 Å². The molecule has 24 heavy (non-hydrogen) atoms. The van der Waals surface area contributed by atoms with E-state index in [9.17, 15) is 0 Å². The minimum absolute atomic E-state index is 0.299. The molecule has 0 unspecified atom stereocenters. The Hall–Kier alpha value is -3.54. The summed E-state index contributed by atoms with van der Waals surface area (Å²) in [4.78, 5) is 4.65. The summed E-state index contributed by atoms with van der Waals surface area (Å²) in [7, 11) is 0. The Morgan fingerprint density at radius 1 is 0.833 bits per heavy atom. The van der Waals surface area contributed by atoms with E-state index in [0.29, 0.717) is 17.2 Å². The van der Waals surface area contributed by atoms with Crippen LogP contribution in [0.5, 0.6) is 0 Å². The number of benzene rings is 2. The highest BCUT2D eigenvalue weighted by molar-refractivity contribution is 5.77. The molecular weight excluding hydrogens is 300 g/mol. The van der Waals surface area contributed by atoms with Gasteiger partial charge in [0, 0.05) is 11.8 Å². The lowest BCUT2D eigenvalue weighted by Gasteiger charge is -2.01. The van der Waals surface area contributed by atoms with Crippen LogP contribution in [0.4, 0.5) is 17.2 Å². The van der Waals surface area contributed by atoms with Crippen LogP contribution in [-0.2, 0) is 0 Å². The first-order valence-electron chi connectivity index (χ1n) is 7.48. The van der Waals surface area contributed by atoms with E-state index in [-0.39, 0.29) is 0 Å². The number of fused-ring (bicyclic) bond motifs is 1. The smallest absolute Gasteiger partial charge is 0.185 e. The highest BCUT2D eigenvalue weighted by Crippen LogP contribution is 2.29. The minimum atomic E-state index is 0.299. The zero-order chi connectivity index (χ0) is 16.4. The zero-order valence-corrected chi connectivity index (χ0v) is 12.7. The number of aromatic nitrogens is 3. The number of azo groups is 1. The van der Waals surface area contributed by atoms with E-state index in [4.69, 9.17) is 5.73 Å². The first-order valence-corrected chi connectivity index (χ1v) is 7.48. The predicted octanol–water partition coefficient (Wildman–Crippen LogP) is 4.39. The number of rotatable bonds is 3. The van der Waals surface area contributed by atoms with E-state index in [1.54, 1.807) is 4.52 Å². The third kappa shape index (κ3) is 2.61. The standard InChI is InChI=1S/C18H14N6/c19-17-16(22-21-14-9-5-2-6-10-14)18-20-15(11-12-24(18)23-17)13-7-3-1-4-8-13/h1-12H,(H2,19,23). The third-order valence-corrected chi connectivity index (χ3v) is 3.58. The normalized spacial score (nSPS) is 11.3. The van der Waals surface area contributed by atoms with Gasteiger partial charge in [0.1, 0.15) is 0 Å². The van der Waals surface area contributed by atoms with Gasteiger partial charge in [0.05, 0.1) is 11.4 Å². The fourth-order valence-electron chi connectivity index (χ4n) is 2.40. The molecule has 0 aliphatic carbocycles. The second kappa shape index (κ2) is 5.92. The van der Waals surface area contributed by atoms with E-state index in [1.165, 1.54) is 0 Å². The summed E-state index contributed by atoms with van der Waals surface area (Å²) in [5.74, 6) is 0.299. The summed E-state index contributed by atoms with van der Waals surface area (Å²) in [6, 6.07) is 21.3. The van der Waals surface area contributed by atoms with Crippen molar-refractivity contribution in [3.8, 4) is 11.3 Å². The number of hydrogen-bond acceptors (Lipinski definition) is 5. The number of nitrogen functional groups attached to an aromatic ring is 1. The molecule has 116 valence electrons. The van der Waals surface area contributed by atoms with E-state index in [1.807, 2.05) is 72.9 Å². The number of nitrogens with two attached hydrogens (primary N) is 1. The maximum atomic E-state index is 5.98. The first-order chi connectivity index (χ1) is 11.8. The van der Waals surface area contributed by atoms with Crippen molar-refractivity contribution in [2.45, 2.75) is 0 Å². The molecule has 6 heteroatoms. The molecule has 0 fully saturated rings. The van der Waals surface area contributed by atoms with Gasteiger partial charge in [-0.2, -0.15) is 5.11 Å². The van der Waals surface area contributed by atoms with Gasteiger partial charge in [-0.05, 0) is 18.2 Å². The molecule has 6 nitrogen and oxygen atoms in total. The largest absolute Gasteiger partial charge is 0.380 e. The van der Waals surface area contributed by atoms with Crippen molar-refractivity contribution in [2.24, 2.45) is 10.2 Å². The molecule has 0 aliphatic heterocycles. The Balaban J connectivity index is 1.80. The van der Waals surface area contributed by atoms with Crippen LogP contribution < -0.4 is 5.73 Å². The van der Waals surface area contributed by atoms with E-state index >= 15 is 0 Å². The minimum Gasteiger partial charge on any atom is -0.380 e. The van der Waals surface area contributed by atoms with Crippen molar-refractivity contribution in [1.82, 2.24) is 14.6 Å². The van der Waals surface area contributed by atoms with Crippen LogP contribution in [0.25, 0.3) is 16.9 Å². The van der Waals surface area contributed by atoms with Crippen LogP contribution >= 0.6 is 0 Å². The van der Waals surface area contributed by atoms with Crippen molar-refractivity contribution < 1.29 is 0 Å². The molecule has 0 radical (unpaired) electrons. The topological polar surface area (TPSA) is 80.9 Å². The van der Waals surface area contributed by atoms with Crippen LogP contribution in [0.2, 0.25) is 0 Å². The molecule has 0 saturated heterocycles. The summed E-state index contributed by atoms with van der Waals surface area (Å²) in [5, 5.41) is 12.7. The number of nitrogens with zero attached hydrogens (tertiary/aromatic N) is 5. The maximum Gasteiger partial charge on any atom is 0.185 e. The van der Waals surface area contributed by atoms with Crippen LogP contribution in [-0.4, -0.2) is 14.6 Å². The van der Waals surface area contributed by atoms with Crippen molar-refractivity contribution in [3.63, 3.8) is 0 Å². The Morgan fingerprint density at radius 3 is 2.29 bits per heavy atom. The molecule has 4 rings (SSSR count). The van der Waals surface area contributed by atoms with Gasteiger partial charge < -0.3 is 5.73 Å². The molecule has 2 aromatic carbocycles. The highest BCUT2D eigenvalue weighted by atomic mass is 15.3. The summed E-state index contributed by atoms with van der Waals surface area (Å²) < 4.78 is 1.61. The average Bonchev–Trinajstić information content (AvgIpc) is 2.96. The molecule has 0 atom stereocenters. The molecule has 0 spiro atoms. The van der Waals surface area contributed by atoms with Crippen molar-refractivity contribution in [2.75, 3.05) is 5.73 Å². The number of hydrogen-bond donors (Lipinski definition) is 1. The zero-order valence-electron chi connectivity index (χ0n) is 12.7. The van der Waals surface area contributed by atoms with Gasteiger partial charge in [-0.15, -0.1) is 10.2 Å². The molecule has 0 aliphatic rings. The van der Waals surface area contributed by atoms with Crippen LogP contribution in [0.1, 0.15) is 0 Å². The monoisotopic (exact) mass is 314 g/mol. The van der Waals surface area contributed by atoms with Crippen molar-refractivity contribution >= 4 is 22.8 Å². The van der Waals surface area contributed by atoms with Gasteiger partial charge >= 0.3 is 0 Å². The van der Waals surface area contributed by atoms with Gasteiger partial charge in [0.15, 0.2) is 17.2 Å². The molecule has 4 aromatic rings. The van der Waals surface area contributed by atoms with E-state index in [2.05, 4.69) is 20.3 Å². The molecule has 2 aromatic heterocycles. The first kappa shape index (κ1) is 14.1. The fourth-order valence-corrected chi connectivity index (χ4v) is 2.40. The van der Waals surface area contributed by atoms with Gasteiger partial charge in [0.2, 0.25) is 0 Å². The molecule has 0 bridgehead atoms. The van der Waals surface area contributed by atoms with E-state index < -0.39 is 0 Å². The molecular formula is C18H14N6. The molecule has 2 N–H and O–H groups in total. The second-order valence-corrected chi connectivity index (χ2v) is 5.22. The predicted molar refractivity (Wildman–Crippen MR) is 93.5 cm³/mol. The number of anilines is 1. The van der Waals surface area contributed by atoms with Gasteiger partial charge in [-0.3, -0.25) is 0 Å². The summed E-state index contributed by atoms with van der Waals surface area (Å²) in [6.45, 7) is 0. The quantitative estimate of drug-likeness (QED) is 0.569. The van der Waals surface area contributed by atoms with Gasteiger partial charge in [-0.25, -0.2) is 9.50 Å². The second-order valence-electron chi connectivity index (χ2n) is 5.22. The Bertz CT molecular complexity index is 1010.